The van der Waals surface area contributed by atoms with E-state index in [0.717, 1.165) is 57.0 Å². The molecule has 1 atom stereocenters. The zero-order valence-electron chi connectivity index (χ0n) is 19.7. The van der Waals surface area contributed by atoms with Gasteiger partial charge in [-0.25, -0.2) is 0 Å². The second-order valence-electron chi connectivity index (χ2n) is 8.50. The van der Waals surface area contributed by atoms with Crippen LogP contribution in [0.4, 0.5) is 0 Å². The standard InChI is InChI=1S/C24H38N4O4/c1-25-24(26-11-7-13-32-22-15-20(30-2)14-21(16-22)31-3)27-19-10-12-28(17-19)23(29)18-8-5-4-6-9-18/h14-16,18-19H,4-13,17H2,1-3H3,(H2,25,26,27). The van der Waals surface area contributed by atoms with E-state index in [1.807, 2.05) is 23.1 Å². The Morgan fingerprint density at radius 2 is 1.75 bits per heavy atom. The van der Waals surface area contributed by atoms with Crippen LogP contribution in [0.15, 0.2) is 23.2 Å². The summed E-state index contributed by atoms with van der Waals surface area (Å²) in [7, 11) is 5.02. The summed E-state index contributed by atoms with van der Waals surface area (Å²) < 4.78 is 16.4. The minimum Gasteiger partial charge on any atom is -0.496 e. The molecule has 1 aliphatic heterocycles. The van der Waals surface area contributed by atoms with Crippen molar-refractivity contribution in [2.75, 3.05) is 47.5 Å². The Kier molecular flexibility index (Phi) is 9.31. The van der Waals surface area contributed by atoms with E-state index in [4.69, 9.17) is 14.2 Å². The first-order chi connectivity index (χ1) is 15.6. The highest BCUT2D eigenvalue weighted by atomic mass is 16.5. The molecule has 3 rings (SSSR count). The highest BCUT2D eigenvalue weighted by molar-refractivity contribution is 5.81. The number of nitrogens with one attached hydrogen (secondary N) is 2. The second kappa shape index (κ2) is 12.4. The van der Waals surface area contributed by atoms with E-state index in [9.17, 15) is 4.79 Å². The van der Waals surface area contributed by atoms with Gasteiger partial charge in [-0.15, -0.1) is 0 Å². The molecule has 0 spiro atoms. The number of carbonyl (C=O) groups is 1. The second-order valence-corrected chi connectivity index (χ2v) is 8.50. The number of hydrogen-bond acceptors (Lipinski definition) is 5. The summed E-state index contributed by atoms with van der Waals surface area (Å²) >= 11 is 0. The molecule has 1 aromatic rings. The molecule has 2 aliphatic rings. The highest BCUT2D eigenvalue weighted by Crippen LogP contribution is 2.28. The third kappa shape index (κ3) is 6.93. The molecule has 1 amide bonds. The largest absolute Gasteiger partial charge is 0.496 e. The van der Waals surface area contributed by atoms with Crippen molar-refractivity contribution in [1.82, 2.24) is 15.5 Å². The maximum absolute atomic E-state index is 12.8. The Labute approximate surface area is 191 Å². The minimum absolute atomic E-state index is 0.240. The number of aliphatic imine (C=N–C) groups is 1. The monoisotopic (exact) mass is 446 g/mol. The van der Waals surface area contributed by atoms with E-state index in [2.05, 4.69) is 15.6 Å². The van der Waals surface area contributed by atoms with Gasteiger partial charge in [0.15, 0.2) is 5.96 Å². The number of methoxy groups -OCH3 is 2. The maximum atomic E-state index is 12.8. The first-order valence-corrected chi connectivity index (χ1v) is 11.7. The van der Waals surface area contributed by atoms with E-state index in [1.54, 1.807) is 21.3 Å². The van der Waals surface area contributed by atoms with E-state index in [-0.39, 0.29) is 12.0 Å². The molecule has 1 heterocycles. The number of benzene rings is 1. The van der Waals surface area contributed by atoms with Gasteiger partial charge in [0.25, 0.3) is 0 Å². The van der Waals surface area contributed by atoms with Gasteiger partial charge in [-0.05, 0) is 25.7 Å². The molecule has 178 valence electrons. The fourth-order valence-electron chi connectivity index (χ4n) is 4.41. The molecule has 1 aromatic carbocycles. The summed E-state index contributed by atoms with van der Waals surface area (Å²) in [5, 5.41) is 6.80. The average Bonchev–Trinajstić information content (AvgIpc) is 3.31. The molecular weight excluding hydrogens is 408 g/mol. The Balaban J connectivity index is 1.35. The fourth-order valence-corrected chi connectivity index (χ4v) is 4.41. The van der Waals surface area contributed by atoms with Crippen LogP contribution >= 0.6 is 0 Å². The van der Waals surface area contributed by atoms with Gasteiger partial charge in [-0.3, -0.25) is 9.79 Å². The summed E-state index contributed by atoms with van der Waals surface area (Å²) in [6.07, 6.45) is 7.55. The normalized spacial score (nSPS) is 19.5. The highest BCUT2D eigenvalue weighted by Gasteiger charge is 2.31. The molecule has 2 N–H and O–H groups in total. The van der Waals surface area contributed by atoms with Crippen molar-refractivity contribution in [3.63, 3.8) is 0 Å². The van der Waals surface area contributed by atoms with Gasteiger partial charge >= 0.3 is 0 Å². The van der Waals surface area contributed by atoms with Crippen molar-refractivity contribution < 1.29 is 19.0 Å². The van der Waals surface area contributed by atoms with E-state index >= 15 is 0 Å². The summed E-state index contributed by atoms with van der Waals surface area (Å²) in [5.74, 6) is 3.49. The van der Waals surface area contributed by atoms with Crippen LogP contribution in [0.5, 0.6) is 17.2 Å². The first-order valence-electron chi connectivity index (χ1n) is 11.7. The Morgan fingerprint density at radius 3 is 2.41 bits per heavy atom. The van der Waals surface area contributed by atoms with E-state index in [0.29, 0.717) is 24.0 Å². The molecule has 8 nitrogen and oxygen atoms in total. The quantitative estimate of drug-likeness (QED) is 0.345. The number of guanidine groups is 1. The molecule has 2 fully saturated rings. The number of likely N-dealkylation sites (tertiary alicyclic amines) is 1. The van der Waals surface area contributed by atoms with Crippen molar-refractivity contribution >= 4 is 11.9 Å². The molecule has 1 unspecified atom stereocenters. The lowest BCUT2D eigenvalue weighted by Gasteiger charge is -2.26. The summed E-state index contributed by atoms with van der Waals surface area (Å²) in [5.41, 5.74) is 0. The van der Waals surface area contributed by atoms with Gasteiger partial charge in [-0.2, -0.15) is 0 Å². The van der Waals surface area contributed by atoms with Crippen molar-refractivity contribution in [1.29, 1.82) is 0 Å². The zero-order chi connectivity index (χ0) is 22.8. The van der Waals surface area contributed by atoms with Crippen molar-refractivity contribution in [3.05, 3.63) is 18.2 Å². The van der Waals surface area contributed by atoms with Gasteiger partial charge in [0.05, 0.1) is 20.8 Å². The number of amides is 1. The topological polar surface area (TPSA) is 84.4 Å². The van der Waals surface area contributed by atoms with Gasteiger partial charge in [-0.1, -0.05) is 19.3 Å². The summed E-state index contributed by atoms with van der Waals surface area (Å²) in [4.78, 5) is 19.1. The van der Waals surface area contributed by atoms with Gasteiger partial charge in [0.2, 0.25) is 5.91 Å². The third-order valence-corrected chi connectivity index (χ3v) is 6.23. The Bertz CT molecular complexity index is 742. The van der Waals surface area contributed by atoms with Crippen molar-refractivity contribution in [2.24, 2.45) is 10.9 Å². The van der Waals surface area contributed by atoms with Crippen LogP contribution in [-0.4, -0.2) is 70.3 Å². The lowest BCUT2D eigenvalue weighted by molar-refractivity contribution is -0.135. The minimum atomic E-state index is 0.240. The Hall–Kier alpha value is -2.64. The lowest BCUT2D eigenvalue weighted by atomic mass is 9.88. The summed E-state index contributed by atoms with van der Waals surface area (Å²) in [6.45, 7) is 2.89. The number of nitrogens with zero attached hydrogens (tertiary/aromatic N) is 2. The maximum Gasteiger partial charge on any atom is 0.225 e. The number of ether oxygens (including phenoxy) is 3. The lowest BCUT2D eigenvalue weighted by Crippen LogP contribution is -2.46. The smallest absolute Gasteiger partial charge is 0.225 e. The van der Waals surface area contributed by atoms with Crippen LogP contribution in [0.1, 0.15) is 44.9 Å². The number of carbonyl (C=O) groups excluding carboxylic acids is 1. The molecule has 1 aliphatic carbocycles. The van der Waals surface area contributed by atoms with Gasteiger partial charge < -0.3 is 29.7 Å². The van der Waals surface area contributed by atoms with Crippen LogP contribution in [-0.2, 0) is 4.79 Å². The first kappa shape index (κ1) is 24.0. The van der Waals surface area contributed by atoms with Crippen LogP contribution < -0.4 is 24.8 Å². The van der Waals surface area contributed by atoms with Crippen LogP contribution in [0.3, 0.4) is 0 Å². The average molecular weight is 447 g/mol. The predicted octanol–water partition coefficient (Wildman–Crippen LogP) is 2.82. The van der Waals surface area contributed by atoms with Crippen molar-refractivity contribution in [3.8, 4) is 17.2 Å². The van der Waals surface area contributed by atoms with Gasteiger partial charge in [0, 0.05) is 56.8 Å². The van der Waals surface area contributed by atoms with Crippen molar-refractivity contribution in [2.45, 2.75) is 51.0 Å². The molecular formula is C24H38N4O4. The van der Waals surface area contributed by atoms with Crippen LogP contribution in [0, 0.1) is 5.92 Å². The van der Waals surface area contributed by atoms with Crippen LogP contribution in [0.2, 0.25) is 0 Å². The molecule has 32 heavy (non-hydrogen) atoms. The molecule has 1 saturated carbocycles. The molecule has 0 bridgehead atoms. The molecule has 8 heteroatoms. The van der Waals surface area contributed by atoms with Gasteiger partial charge in [0.1, 0.15) is 17.2 Å². The summed E-state index contributed by atoms with van der Waals surface area (Å²) in [6, 6.07) is 5.75. The number of rotatable bonds is 9. The van der Waals surface area contributed by atoms with E-state index < -0.39 is 0 Å². The third-order valence-electron chi connectivity index (χ3n) is 6.23. The predicted molar refractivity (Wildman–Crippen MR) is 126 cm³/mol. The van der Waals surface area contributed by atoms with E-state index in [1.165, 1.54) is 19.3 Å². The molecule has 0 radical (unpaired) electrons. The Morgan fingerprint density at radius 1 is 1.06 bits per heavy atom. The molecule has 1 saturated heterocycles. The fraction of sp³-hybridized carbons (Fsp3) is 0.667. The molecule has 0 aromatic heterocycles. The SMILES string of the molecule is CN=C(NCCCOc1cc(OC)cc(OC)c1)NC1CCN(C(=O)C2CCCCC2)C1. The van der Waals surface area contributed by atoms with Crippen LogP contribution in [0.25, 0.3) is 0 Å². The number of hydrogen-bond donors (Lipinski definition) is 2. The zero-order valence-corrected chi connectivity index (χ0v) is 19.7.